The van der Waals surface area contributed by atoms with Gasteiger partial charge in [0.25, 0.3) is 0 Å². The van der Waals surface area contributed by atoms with Crippen molar-refractivity contribution in [2.75, 3.05) is 0 Å². The molecule has 0 atom stereocenters. The average molecular weight is 142 g/mol. The van der Waals surface area contributed by atoms with Crippen molar-refractivity contribution in [2.24, 2.45) is 0 Å². The van der Waals surface area contributed by atoms with E-state index in [0.717, 1.165) is 5.46 Å². The fourth-order valence-electron chi connectivity index (χ4n) is 0.563. The molecule has 1 rings (SSSR count). The van der Waals surface area contributed by atoms with E-state index in [4.69, 9.17) is 5.11 Å². The van der Waals surface area contributed by atoms with Gasteiger partial charge in [0.05, 0.1) is 0 Å². The molecule has 0 spiro atoms. The molecule has 0 unspecified atom stereocenters. The normalized spacial score (nSPS) is 7.20. The largest absolute Gasteiger partial charge is 0.509 e. The van der Waals surface area contributed by atoms with Crippen molar-refractivity contribution in [3.8, 4) is 5.75 Å². The fraction of sp³-hybridized carbons (Fsp3) is 0. The highest BCUT2D eigenvalue weighted by Gasteiger charge is 1.87. The SMILES string of the molecule is Bc1ccccc1O.O.O. The Hall–Kier alpha value is -0.995. The summed E-state index contributed by atoms with van der Waals surface area (Å²) in [4.78, 5) is 0. The lowest BCUT2D eigenvalue weighted by Gasteiger charge is -1.92. The molecule has 0 radical (unpaired) electrons. The van der Waals surface area contributed by atoms with Gasteiger partial charge >= 0.3 is 0 Å². The summed E-state index contributed by atoms with van der Waals surface area (Å²) in [5, 5.41) is 8.92. The van der Waals surface area contributed by atoms with Gasteiger partial charge in [-0.2, -0.15) is 0 Å². The third kappa shape index (κ3) is 2.52. The van der Waals surface area contributed by atoms with E-state index in [0.29, 0.717) is 5.75 Å². The zero-order valence-corrected chi connectivity index (χ0v) is 5.76. The Kier molecular flexibility index (Phi) is 5.70. The molecular formula is C6H11BO3. The zero-order chi connectivity index (χ0) is 5.98. The van der Waals surface area contributed by atoms with E-state index in [2.05, 4.69) is 0 Å². The molecule has 0 bridgehead atoms. The van der Waals surface area contributed by atoms with Crippen LogP contribution in [0, 0.1) is 0 Å². The molecule has 0 heterocycles. The maximum Gasteiger partial charge on any atom is 0.144 e. The highest BCUT2D eigenvalue weighted by molar-refractivity contribution is 6.34. The van der Waals surface area contributed by atoms with E-state index in [1.54, 1.807) is 6.07 Å². The summed E-state index contributed by atoms with van der Waals surface area (Å²) in [6.07, 6.45) is 0. The molecule has 0 aliphatic rings. The van der Waals surface area contributed by atoms with Gasteiger partial charge in [0.2, 0.25) is 0 Å². The summed E-state index contributed by atoms with van der Waals surface area (Å²) in [6.45, 7) is 0. The first-order chi connectivity index (χ1) is 3.80. The molecule has 10 heavy (non-hydrogen) atoms. The van der Waals surface area contributed by atoms with Gasteiger partial charge in [0.15, 0.2) is 0 Å². The van der Waals surface area contributed by atoms with Crippen LogP contribution in [0.25, 0.3) is 0 Å². The quantitative estimate of drug-likeness (QED) is 0.417. The third-order valence-corrected chi connectivity index (χ3v) is 1.12. The van der Waals surface area contributed by atoms with Crippen molar-refractivity contribution in [3.05, 3.63) is 24.3 Å². The average Bonchev–Trinajstić information content (AvgIpc) is 1.77. The molecule has 0 aromatic heterocycles. The Morgan fingerprint density at radius 3 is 1.90 bits per heavy atom. The lowest BCUT2D eigenvalue weighted by Crippen LogP contribution is -1.99. The van der Waals surface area contributed by atoms with E-state index < -0.39 is 0 Å². The van der Waals surface area contributed by atoms with Gasteiger partial charge in [-0.3, -0.25) is 0 Å². The van der Waals surface area contributed by atoms with Gasteiger partial charge in [-0.1, -0.05) is 18.2 Å². The van der Waals surface area contributed by atoms with Crippen LogP contribution in [-0.4, -0.2) is 23.9 Å². The van der Waals surface area contributed by atoms with Gasteiger partial charge in [-0.25, -0.2) is 0 Å². The molecule has 4 heteroatoms. The number of para-hydroxylation sites is 1. The second kappa shape index (κ2) is 4.84. The molecule has 56 valence electrons. The molecule has 0 amide bonds. The number of phenols is 1. The number of hydrogen-bond acceptors (Lipinski definition) is 1. The maximum absolute atomic E-state index is 8.92. The molecule has 0 saturated heterocycles. The number of hydrogen-bond donors (Lipinski definition) is 1. The number of aromatic hydroxyl groups is 1. The van der Waals surface area contributed by atoms with Crippen LogP contribution in [0.3, 0.4) is 0 Å². The lowest BCUT2D eigenvalue weighted by atomic mass is 9.96. The minimum absolute atomic E-state index is 0. The summed E-state index contributed by atoms with van der Waals surface area (Å²) in [7, 11) is 1.87. The molecule has 1 aromatic rings. The Morgan fingerprint density at radius 2 is 1.60 bits per heavy atom. The molecule has 5 N–H and O–H groups in total. The van der Waals surface area contributed by atoms with Crippen LogP contribution < -0.4 is 5.46 Å². The topological polar surface area (TPSA) is 83.2 Å². The summed E-state index contributed by atoms with van der Waals surface area (Å²) in [5.74, 6) is 0.368. The predicted molar refractivity (Wildman–Crippen MR) is 43.5 cm³/mol. The number of benzene rings is 1. The Balaban J connectivity index is 0. The third-order valence-electron chi connectivity index (χ3n) is 1.12. The van der Waals surface area contributed by atoms with E-state index in [1.807, 2.05) is 26.0 Å². The number of rotatable bonds is 0. The highest BCUT2D eigenvalue weighted by atomic mass is 16.3. The molecule has 0 saturated carbocycles. The van der Waals surface area contributed by atoms with Crippen molar-refractivity contribution in [1.29, 1.82) is 0 Å². The van der Waals surface area contributed by atoms with Crippen molar-refractivity contribution in [3.63, 3.8) is 0 Å². The summed E-state index contributed by atoms with van der Waals surface area (Å²) in [5.41, 5.74) is 0.924. The Bertz CT molecular complexity index is 169. The van der Waals surface area contributed by atoms with Crippen LogP contribution in [-0.2, 0) is 0 Å². The minimum Gasteiger partial charge on any atom is -0.509 e. The van der Waals surface area contributed by atoms with Crippen molar-refractivity contribution in [2.45, 2.75) is 0 Å². The molecular weight excluding hydrogens is 131 g/mol. The molecule has 0 aliphatic heterocycles. The fourth-order valence-corrected chi connectivity index (χ4v) is 0.563. The summed E-state index contributed by atoms with van der Waals surface area (Å²) >= 11 is 0. The van der Waals surface area contributed by atoms with Crippen molar-refractivity contribution in [1.82, 2.24) is 0 Å². The first-order valence-electron chi connectivity index (χ1n) is 2.55. The second-order valence-electron chi connectivity index (χ2n) is 1.79. The molecule has 3 nitrogen and oxygen atoms in total. The monoisotopic (exact) mass is 142 g/mol. The van der Waals surface area contributed by atoms with Crippen LogP contribution in [0.4, 0.5) is 0 Å². The Labute approximate surface area is 60.3 Å². The van der Waals surface area contributed by atoms with Crippen LogP contribution >= 0.6 is 0 Å². The van der Waals surface area contributed by atoms with E-state index in [9.17, 15) is 0 Å². The molecule has 0 aliphatic carbocycles. The van der Waals surface area contributed by atoms with Gasteiger partial charge in [-0.05, 0) is 11.5 Å². The van der Waals surface area contributed by atoms with Gasteiger partial charge in [0, 0.05) is 0 Å². The van der Waals surface area contributed by atoms with Crippen molar-refractivity contribution >= 4 is 13.3 Å². The van der Waals surface area contributed by atoms with Gasteiger partial charge in [-0.15, -0.1) is 0 Å². The standard InChI is InChI=1S/C6H7BO.2H2O/c7-5-3-1-2-4-6(5)8;;/h1-4,8H,7H2;2*1H2. The Morgan fingerprint density at radius 1 is 1.10 bits per heavy atom. The van der Waals surface area contributed by atoms with Crippen LogP contribution in [0.5, 0.6) is 5.75 Å². The highest BCUT2D eigenvalue weighted by Crippen LogP contribution is 1.98. The van der Waals surface area contributed by atoms with E-state index in [-0.39, 0.29) is 11.0 Å². The van der Waals surface area contributed by atoms with E-state index in [1.165, 1.54) is 0 Å². The first-order valence-corrected chi connectivity index (χ1v) is 2.55. The zero-order valence-electron chi connectivity index (χ0n) is 5.76. The van der Waals surface area contributed by atoms with Crippen LogP contribution in [0.15, 0.2) is 24.3 Å². The lowest BCUT2D eigenvalue weighted by molar-refractivity contribution is 0.479. The first kappa shape index (κ1) is 11.8. The predicted octanol–water partition coefficient (Wildman–Crippen LogP) is -2.00. The van der Waals surface area contributed by atoms with Crippen molar-refractivity contribution < 1.29 is 16.1 Å². The van der Waals surface area contributed by atoms with Gasteiger partial charge in [0.1, 0.15) is 13.6 Å². The molecule has 1 aromatic carbocycles. The summed E-state index contributed by atoms with van der Waals surface area (Å²) in [6, 6.07) is 7.25. The van der Waals surface area contributed by atoms with Crippen LogP contribution in [0.2, 0.25) is 0 Å². The number of phenolic OH excluding ortho intramolecular Hbond substituents is 1. The minimum atomic E-state index is 0. The second-order valence-corrected chi connectivity index (χ2v) is 1.79. The molecule has 0 fully saturated rings. The maximum atomic E-state index is 8.92. The summed E-state index contributed by atoms with van der Waals surface area (Å²) < 4.78 is 0. The smallest absolute Gasteiger partial charge is 0.144 e. The van der Waals surface area contributed by atoms with Gasteiger partial charge < -0.3 is 16.1 Å². The van der Waals surface area contributed by atoms with Crippen LogP contribution in [0.1, 0.15) is 0 Å². The van der Waals surface area contributed by atoms with E-state index >= 15 is 0 Å².